The van der Waals surface area contributed by atoms with Gasteiger partial charge in [-0.2, -0.15) is 5.10 Å². The second-order valence-electron chi connectivity index (χ2n) is 5.97. The third-order valence-corrected chi connectivity index (χ3v) is 4.20. The van der Waals surface area contributed by atoms with Gasteiger partial charge >= 0.3 is 0 Å². The lowest BCUT2D eigenvalue weighted by molar-refractivity contribution is 0.0930. The number of carbonyl (C=O) groups is 1. The molecule has 3 aromatic rings. The summed E-state index contributed by atoms with van der Waals surface area (Å²) in [6.07, 6.45) is 2.44. The Balaban J connectivity index is 1.80. The summed E-state index contributed by atoms with van der Waals surface area (Å²) in [4.78, 5) is 15.8. The maximum absolute atomic E-state index is 13.7. The standard InChI is InChI=1S/C19H18F2N4O2/c1-11(24-19(26)18-17(21)8-13(20)9-22-18)16-10-23-25(12(16)2)14-4-6-15(27-3)7-5-14/h4-11H,1-3H3,(H,24,26). The van der Waals surface area contributed by atoms with Gasteiger partial charge in [0.05, 0.1) is 31.2 Å². The fraction of sp³-hybridized carbons (Fsp3) is 0.211. The monoisotopic (exact) mass is 372 g/mol. The van der Waals surface area contributed by atoms with E-state index in [1.54, 1.807) is 24.9 Å². The number of benzene rings is 1. The third-order valence-electron chi connectivity index (χ3n) is 4.20. The molecule has 8 heteroatoms. The molecule has 0 aliphatic carbocycles. The van der Waals surface area contributed by atoms with Gasteiger partial charge in [-0.15, -0.1) is 0 Å². The number of hydrogen-bond donors (Lipinski definition) is 1. The summed E-state index contributed by atoms with van der Waals surface area (Å²) >= 11 is 0. The molecule has 2 heterocycles. The van der Waals surface area contributed by atoms with E-state index in [0.29, 0.717) is 6.07 Å². The van der Waals surface area contributed by atoms with Crippen molar-refractivity contribution >= 4 is 5.91 Å². The van der Waals surface area contributed by atoms with Crippen molar-refractivity contribution < 1.29 is 18.3 Å². The fourth-order valence-corrected chi connectivity index (χ4v) is 2.76. The molecule has 1 aromatic carbocycles. The van der Waals surface area contributed by atoms with Crippen LogP contribution in [0.4, 0.5) is 8.78 Å². The van der Waals surface area contributed by atoms with Crippen LogP contribution in [0.15, 0.2) is 42.7 Å². The molecule has 140 valence electrons. The number of amides is 1. The molecule has 0 fully saturated rings. The van der Waals surface area contributed by atoms with Gasteiger partial charge in [0.25, 0.3) is 5.91 Å². The molecule has 6 nitrogen and oxygen atoms in total. The van der Waals surface area contributed by atoms with Crippen LogP contribution in [-0.4, -0.2) is 27.8 Å². The normalized spacial score (nSPS) is 11.9. The average Bonchev–Trinajstić information content (AvgIpc) is 3.03. The summed E-state index contributed by atoms with van der Waals surface area (Å²) in [5.41, 5.74) is 1.97. The van der Waals surface area contributed by atoms with Crippen LogP contribution in [-0.2, 0) is 0 Å². The van der Waals surface area contributed by atoms with Crippen LogP contribution in [0.1, 0.15) is 34.7 Å². The molecule has 0 radical (unpaired) electrons. The largest absolute Gasteiger partial charge is 0.497 e. The number of nitrogens with zero attached hydrogens (tertiary/aromatic N) is 3. The van der Waals surface area contributed by atoms with Gasteiger partial charge in [-0.3, -0.25) is 4.79 Å². The van der Waals surface area contributed by atoms with Crippen LogP contribution < -0.4 is 10.1 Å². The van der Waals surface area contributed by atoms with E-state index in [0.717, 1.165) is 28.9 Å². The summed E-state index contributed by atoms with van der Waals surface area (Å²) in [6.45, 7) is 3.62. The number of rotatable bonds is 5. The maximum atomic E-state index is 13.7. The second kappa shape index (κ2) is 7.53. The van der Waals surface area contributed by atoms with Crippen LogP contribution in [0.5, 0.6) is 5.75 Å². The zero-order valence-electron chi connectivity index (χ0n) is 15.0. The summed E-state index contributed by atoms with van der Waals surface area (Å²) in [7, 11) is 1.59. The lowest BCUT2D eigenvalue weighted by atomic mass is 10.1. The van der Waals surface area contributed by atoms with Crippen LogP contribution in [0.2, 0.25) is 0 Å². The fourth-order valence-electron chi connectivity index (χ4n) is 2.76. The third kappa shape index (κ3) is 3.79. The number of aromatic nitrogens is 3. The van der Waals surface area contributed by atoms with E-state index in [2.05, 4.69) is 15.4 Å². The van der Waals surface area contributed by atoms with Crippen molar-refractivity contribution in [1.29, 1.82) is 0 Å². The smallest absolute Gasteiger partial charge is 0.273 e. The van der Waals surface area contributed by atoms with Crippen molar-refractivity contribution in [2.75, 3.05) is 7.11 Å². The summed E-state index contributed by atoms with van der Waals surface area (Å²) in [5, 5.41) is 7.02. The van der Waals surface area contributed by atoms with E-state index in [-0.39, 0.29) is 0 Å². The Morgan fingerprint density at radius 2 is 1.93 bits per heavy atom. The van der Waals surface area contributed by atoms with Crippen molar-refractivity contribution in [3.8, 4) is 11.4 Å². The molecule has 0 aliphatic rings. The van der Waals surface area contributed by atoms with E-state index in [1.807, 2.05) is 31.2 Å². The Bertz CT molecular complexity index is 970. The molecule has 0 spiro atoms. The van der Waals surface area contributed by atoms with Gasteiger partial charge in [-0.25, -0.2) is 18.4 Å². The van der Waals surface area contributed by atoms with E-state index < -0.39 is 29.3 Å². The molecule has 0 bridgehead atoms. The first-order valence-corrected chi connectivity index (χ1v) is 8.21. The summed E-state index contributed by atoms with van der Waals surface area (Å²) < 4.78 is 33.6. The van der Waals surface area contributed by atoms with Gasteiger partial charge in [0.2, 0.25) is 0 Å². The highest BCUT2D eigenvalue weighted by atomic mass is 19.1. The van der Waals surface area contributed by atoms with Gasteiger partial charge in [-0.1, -0.05) is 0 Å². The van der Waals surface area contributed by atoms with Crippen molar-refractivity contribution in [1.82, 2.24) is 20.1 Å². The van der Waals surface area contributed by atoms with Crippen LogP contribution in [0.3, 0.4) is 0 Å². The Morgan fingerprint density at radius 1 is 1.22 bits per heavy atom. The van der Waals surface area contributed by atoms with E-state index in [9.17, 15) is 13.6 Å². The number of ether oxygens (including phenoxy) is 1. The van der Waals surface area contributed by atoms with Gasteiger partial charge in [0.1, 0.15) is 11.6 Å². The Labute approximate surface area is 154 Å². The minimum Gasteiger partial charge on any atom is -0.497 e. The second-order valence-corrected chi connectivity index (χ2v) is 5.97. The molecule has 27 heavy (non-hydrogen) atoms. The SMILES string of the molecule is COc1ccc(-n2ncc(C(C)NC(=O)c3ncc(F)cc3F)c2C)cc1. The minimum atomic E-state index is -1.01. The molecule has 1 unspecified atom stereocenters. The van der Waals surface area contributed by atoms with Gasteiger partial charge in [0.15, 0.2) is 11.5 Å². The van der Waals surface area contributed by atoms with Crippen LogP contribution in [0.25, 0.3) is 5.69 Å². The van der Waals surface area contributed by atoms with Gasteiger partial charge < -0.3 is 10.1 Å². The quantitative estimate of drug-likeness (QED) is 0.746. The highest BCUT2D eigenvalue weighted by molar-refractivity contribution is 5.92. The Kier molecular flexibility index (Phi) is 5.16. The van der Waals surface area contributed by atoms with E-state index >= 15 is 0 Å². The van der Waals surface area contributed by atoms with Gasteiger partial charge in [0, 0.05) is 17.3 Å². The summed E-state index contributed by atoms with van der Waals surface area (Å²) in [6, 6.07) is 7.55. The summed E-state index contributed by atoms with van der Waals surface area (Å²) in [5.74, 6) is -1.84. The Morgan fingerprint density at radius 3 is 2.56 bits per heavy atom. The molecular weight excluding hydrogens is 354 g/mol. The lowest BCUT2D eigenvalue weighted by Crippen LogP contribution is -2.28. The number of nitrogens with one attached hydrogen (secondary N) is 1. The van der Waals surface area contributed by atoms with Crippen molar-refractivity contribution in [2.45, 2.75) is 19.9 Å². The number of pyridine rings is 1. The van der Waals surface area contributed by atoms with Crippen molar-refractivity contribution in [3.05, 3.63) is 71.3 Å². The number of hydrogen-bond acceptors (Lipinski definition) is 4. The van der Waals surface area contributed by atoms with E-state index in [1.165, 1.54) is 0 Å². The average molecular weight is 372 g/mol. The predicted molar refractivity (Wildman–Crippen MR) is 94.9 cm³/mol. The predicted octanol–water partition coefficient (Wildman–Crippen LogP) is 3.35. The van der Waals surface area contributed by atoms with Gasteiger partial charge in [-0.05, 0) is 38.1 Å². The number of methoxy groups -OCH3 is 1. The maximum Gasteiger partial charge on any atom is 0.273 e. The molecule has 0 saturated heterocycles. The molecule has 0 aliphatic heterocycles. The molecule has 3 rings (SSSR count). The van der Waals surface area contributed by atoms with Crippen LogP contribution in [0, 0.1) is 18.6 Å². The molecule has 2 aromatic heterocycles. The molecule has 1 N–H and O–H groups in total. The van der Waals surface area contributed by atoms with Crippen molar-refractivity contribution in [2.24, 2.45) is 0 Å². The van der Waals surface area contributed by atoms with Crippen molar-refractivity contribution in [3.63, 3.8) is 0 Å². The number of carbonyl (C=O) groups excluding carboxylic acids is 1. The number of halogens is 2. The lowest BCUT2D eigenvalue weighted by Gasteiger charge is -2.14. The Hall–Kier alpha value is -3.29. The van der Waals surface area contributed by atoms with Crippen LogP contribution >= 0.6 is 0 Å². The van der Waals surface area contributed by atoms with E-state index in [4.69, 9.17) is 4.74 Å². The molecular formula is C19H18F2N4O2. The first-order chi connectivity index (χ1) is 12.9. The topological polar surface area (TPSA) is 69.0 Å². The molecule has 1 atom stereocenters. The highest BCUT2D eigenvalue weighted by Gasteiger charge is 2.20. The highest BCUT2D eigenvalue weighted by Crippen LogP contribution is 2.22. The first-order valence-electron chi connectivity index (χ1n) is 8.21. The molecule has 1 amide bonds. The zero-order chi connectivity index (χ0) is 19.6. The zero-order valence-corrected chi connectivity index (χ0v) is 15.0. The minimum absolute atomic E-state index is 0.448. The molecule has 0 saturated carbocycles. The first kappa shape index (κ1) is 18.5.